The molecule has 5 nitrogen and oxygen atoms in total. The molecule has 0 aliphatic carbocycles. The number of ketones is 1. The number of Topliss-reactive ketones (excluding diaryl/α,β-unsaturated/α-hetero) is 1. The zero-order valence-corrected chi connectivity index (χ0v) is 12.8. The average molecular weight is 293 g/mol. The minimum absolute atomic E-state index is 0.0255. The molecule has 0 aliphatic rings. The number of carbonyl (C=O) groups excluding carboxylic acids is 1. The molecule has 1 unspecified atom stereocenters. The normalized spacial score (nSPS) is 12.0. The highest BCUT2D eigenvalue weighted by atomic mass is 16.5. The predicted molar refractivity (Wildman–Crippen MR) is 81.0 cm³/mol. The first kappa shape index (κ1) is 17.2. The second-order valence-corrected chi connectivity index (χ2v) is 4.98. The SMILES string of the molecule is CCCNC(CCC(=O)O)C(=O)c1ccc(OC)cc1C. The summed E-state index contributed by atoms with van der Waals surface area (Å²) in [5.74, 6) is -0.255. The molecule has 0 amide bonds. The number of benzene rings is 1. The van der Waals surface area contributed by atoms with Crippen molar-refractivity contribution >= 4 is 11.8 Å². The van der Waals surface area contributed by atoms with Gasteiger partial charge in [-0.1, -0.05) is 6.92 Å². The molecule has 2 N–H and O–H groups in total. The Morgan fingerprint density at radius 3 is 2.62 bits per heavy atom. The van der Waals surface area contributed by atoms with Gasteiger partial charge in [-0.05, 0) is 50.1 Å². The Bertz CT molecular complexity index is 499. The number of hydrogen-bond acceptors (Lipinski definition) is 4. The number of carboxylic acid groups (broad SMARTS) is 1. The van der Waals surface area contributed by atoms with Crippen molar-refractivity contribution in [1.82, 2.24) is 5.32 Å². The van der Waals surface area contributed by atoms with Crippen molar-refractivity contribution in [3.63, 3.8) is 0 Å². The highest BCUT2D eigenvalue weighted by molar-refractivity contribution is 6.01. The zero-order valence-electron chi connectivity index (χ0n) is 12.8. The van der Waals surface area contributed by atoms with Gasteiger partial charge in [-0.15, -0.1) is 0 Å². The number of hydrogen-bond donors (Lipinski definition) is 2. The Kier molecular flexibility index (Phi) is 6.88. The van der Waals surface area contributed by atoms with Crippen LogP contribution in [-0.4, -0.2) is 36.6 Å². The van der Waals surface area contributed by atoms with Crippen molar-refractivity contribution in [3.05, 3.63) is 29.3 Å². The zero-order chi connectivity index (χ0) is 15.8. The van der Waals surface area contributed by atoms with Crippen LogP contribution in [0.25, 0.3) is 0 Å². The van der Waals surface area contributed by atoms with E-state index in [0.717, 1.165) is 12.0 Å². The number of rotatable bonds is 9. The predicted octanol–water partition coefficient (Wildman–Crippen LogP) is 2.42. The van der Waals surface area contributed by atoms with Crippen molar-refractivity contribution in [2.45, 2.75) is 39.2 Å². The van der Waals surface area contributed by atoms with Gasteiger partial charge in [0.25, 0.3) is 0 Å². The van der Waals surface area contributed by atoms with Crippen LogP contribution in [0.3, 0.4) is 0 Å². The maximum absolute atomic E-state index is 12.6. The molecule has 116 valence electrons. The van der Waals surface area contributed by atoms with Crippen molar-refractivity contribution in [3.8, 4) is 5.75 Å². The fourth-order valence-corrected chi connectivity index (χ4v) is 2.14. The molecule has 0 spiro atoms. The standard InChI is InChI=1S/C16H23NO4/c1-4-9-17-14(7-8-15(18)19)16(20)13-6-5-12(21-3)10-11(13)2/h5-6,10,14,17H,4,7-9H2,1-3H3,(H,18,19). The van der Waals surface area contributed by atoms with Gasteiger partial charge in [0, 0.05) is 12.0 Å². The smallest absolute Gasteiger partial charge is 0.303 e. The van der Waals surface area contributed by atoms with Gasteiger partial charge in [-0.3, -0.25) is 9.59 Å². The van der Waals surface area contributed by atoms with Crippen molar-refractivity contribution in [1.29, 1.82) is 0 Å². The molecule has 0 saturated carbocycles. The van der Waals surface area contributed by atoms with E-state index >= 15 is 0 Å². The van der Waals surface area contributed by atoms with E-state index in [4.69, 9.17) is 9.84 Å². The van der Waals surface area contributed by atoms with E-state index in [0.29, 0.717) is 24.3 Å². The quantitative estimate of drug-likeness (QED) is 0.684. The van der Waals surface area contributed by atoms with Gasteiger partial charge in [0.15, 0.2) is 5.78 Å². The van der Waals surface area contributed by atoms with Crippen LogP contribution in [0.2, 0.25) is 0 Å². The fourth-order valence-electron chi connectivity index (χ4n) is 2.14. The minimum atomic E-state index is -0.891. The average Bonchev–Trinajstić information content (AvgIpc) is 2.46. The third-order valence-corrected chi connectivity index (χ3v) is 3.30. The van der Waals surface area contributed by atoms with Crippen LogP contribution in [0.15, 0.2) is 18.2 Å². The second-order valence-electron chi connectivity index (χ2n) is 4.98. The van der Waals surface area contributed by atoms with Crippen LogP contribution in [0.4, 0.5) is 0 Å². The summed E-state index contributed by atoms with van der Waals surface area (Å²) in [5, 5.41) is 11.9. The molecule has 21 heavy (non-hydrogen) atoms. The van der Waals surface area contributed by atoms with Crippen LogP contribution in [0.1, 0.15) is 42.1 Å². The minimum Gasteiger partial charge on any atom is -0.497 e. The summed E-state index contributed by atoms with van der Waals surface area (Å²) >= 11 is 0. The van der Waals surface area contributed by atoms with Gasteiger partial charge < -0.3 is 15.2 Å². The monoisotopic (exact) mass is 293 g/mol. The summed E-state index contributed by atoms with van der Waals surface area (Å²) in [6.45, 7) is 4.54. The van der Waals surface area contributed by atoms with E-state index in [1.807, 2.05) is 13.8 Å². The summed E-state index contributed by atoms with van der Waals surface area (Å²) in [6.07, 6.45) is 1.15. The van der Waals surface area contributed by atoms with E-state index in [1.54, 1.807) is 25.3 Å². The molecule has 1 rings (SSSR count). The molecular formula is C16H23NO4. The molecule has 0 fully saturated rings. The molecule has 0 aliphatic heterocycles. The first-order valence-corrected chi connectivity index (χ1v) is 7.13. The van der Waals surface area contributed by atoms with Gasteiger partial charge in [-0.2, -0.15) is 0 Å². The van der Waals surface area contributed by atoms with Gasteiger partial charge >= 0.3 is 5.97 Å². The molecule has 0 saturated heterocycles. The van der Waals surface area contributed by atoms with E-state index in [9.17, 15) is 9.59 Å². The molecule has 0 radical (unpaired) electrons. The van der Waals surface area contributed by atoms with E-state index in [1.165, 1.54) is 0 Å². The third-order valence-electron chi connectivity index (χ3n) is 3.30. The Morgan fingerprint density at radius 2 is 2.10 bits per heavy atom. The molecule has 1 aromatic rings. The highest BCUT2D eigenvalue weighted by Gasteiger charge is 2.21. The molecule has 0 heterocycles. The van der Waals surface area contributed by atoms with Crippen LogP contribution in [0.5, 0.6) is 5.75 Å². The van der Waals surface area contributed by atoms with Gasteiger partial charge in [0.05, 0.1) is 13.2 Å². The van der Waals surface area contributed by atoms with Gasteiger partial charge in [0.1, 0.15) is 5.75 Å². The number of ether oxygens (including phenoxy) is 1. The first-order valence-electron chi connectivity index (χ1n) is 7.13. The highest BCUT2D eigenvalue weighted by Crippen LogP contribution is 2.19. The lowest BCUT2D eigenvalue weighted by atomic mass is 9.96. The lowest BCUT2D eigenvalue weighted by Crippen LogP contribution is -2.38. The van der Waals surface area contributed by atoms with Crippen molar-refractivity contribution in [2.24, 2.45) is 0 Å². The first-order chi connectivity index (χ1) is 9.99. The van der Waals surface area contributed by atoms with Crippen LogP contribution in [-0.2, 0) is 4.79 Å². The summed E-state index contributed by atoms with van der Waals surface area (Å²) in [5.41, 5.74) is 1.44. The third kappa shape index (κ3) is 5.19. The Balaban J connectivity index is 2.89. The molecule has 5 heteroatoms. The Morgan fingerprint density at radius 1 is 1.38 bits per heavy atom. The van der Waals surface area contributed by atoms with Crippen LogP contribution >= 0.6 is 0 Å². The molecule has 0 aromatic heterocycles. The topological polar surface area (TPSA) is 75.6 Å². The molecule has 1 atom stereocenters. The van der Waals surface area contributed by atoms with Crippen molar-refractivity contribution < 1.29 is 19.4 Å². The number of aryl methyl sites for hydroxylation is 1. The summed E-state index contributed by atoms with van der Waals surface area (Å²) in [4.78, 5) is 23.3. The van der Waals surface area contributed by atoms with Crippen molar-refractivity contribution in [2.75, 3.05) is 13.7 Å². The van der Waals surface area contributed by atoms with Gasteiger partial charge in [0.2, 0.25) is 0 Å². The maximum atomic E-state index is 12.6. The summed E-state index contributed by atoms with van der Waals surface area (Å²) < 4.78 is 5.13. The Labute approximate surface area is 125 Å². The van der Waals surface area contributed by atoms with E-state index < -0.39 is 12.0 Å². The van der Waals surface area contributed by atoms with E-state index in [2.05, 4.69) is 5.32 Å². The van der Waals surface area contributed by atoms with Crippen LogP contribution < -0.4 is 10.1 Å². The second kappa shape index (κ2) is 8.42. The summed E-state index contributed by atoms with van der Waals surface area (Å²) in [6, 6.07) is 4.82. The number of nitrogens with one attached hydrogen (secondary N) is 1. The fraction of sp³-hybridized carbons (Fsp3) is 0.500. The van der Waals surface area contributed by atoms with Crippen LogP contribution in [0, 0.1) is 6.92 Å². The number of carboxylic acids is 1. The van der Waals surface area contributed by atoms with E-state index in [-0.39, 0.29) is 12.2 Å². The lowest BCUT2D eigenvalue weighted by Gasteiger charge is -2.18. The molecular weight excluding hydrogens is 270 g/mol. The Hall–Kier alpha value is -1.88. The molecule has 1 aromatic carbocycles. The molecule has 0 bridgehead atoms. The lowest BCUT2D eigenvalue weighted by molar-refractivity contribution is -0.137. The van der Waals surface area contributed by atoms with Gasteiger partial charge in [-0.25, -0.2) is 0 Å². The number of aliphatic carboxylic acids is 1. The number of carbonyl (C=O) groups is 2. The maximum Gasteiger partial charge on any atom is 0.303 e. The number of methoxy groups -OCH3 is 1. The largest absolute Gasteiger partial charge is 0.497 e. The summed E-state index contributed by atoms with van der Waals surface area (Å²) in [7, 11) is 1.58.